The van der Waals surface area contributed by atoms with Gasteiger partial charge in [0.25, 0.3) is 0 Å². The fourth-order valence-corrected chi connectivity index (χ4v) is 3.00. The molecule has 98 valence electrons. The Bertz CT molecular complexity index is 295. The Labute approximate surface area is 110 Å². The zero-order valence-corrected chi connectivity index (χ0v) is 12.3. The summed E-state index contributed by atoms with van der Waals surface area (Å²) in [5.74, 6) is 0.749. The lowest BCUT2D eigenvalue weighted by Crippen LogP contribution is -2.39. The summed E-state index contributed by atoms with van der Waals surface area (Å²) in [5.41, 5.74) is 6.28. The fraction of sp³-hybridized carbons (Fsp3) is 0.714. The highest BCUT2D eigenvalue weighted by molar-refractivity contribution is 7.10. The Balaban J connectivity index is 2.69. The third-order valence-electron chi connectivity index (χ3n) is 3.25. The predicted molar refractivity (Wildman–Crippen MR) is 77.4 cm³/mol. The van der Waals surface area contributed by atoms with Crippen LogP contribution in [0.4, 0.5) is 0 Å². The number of rotatable bonds is 7. The zero-order chi connectivity index (χ0) is 12.8. The summed E-state index contributed by atoms with van der Waals surface area (Å²) in [6, 6.07) is 4.92. The number of nitrogens with zero attached hydrogens (tertiary/aromatic N) is 1. The van der Waals surface area contributed by atoms with E-state index in [0.717, 1.165) is 18.9 Å². The molecular weight excluding hydrogens is 228 g/mol. The summed E-state index contributed by atoms with van der Waals surface area (Å²) < 4.78 is 0. The first-order chi connectivity index (χ1) is 8.06. The molecule has 2 N–H and O–H groups in total. The maximum absolute atomic E-state index is 6.28. The zero-order valence-electron chi connectivity index (χ0n) is 11.5. The van der Waals surface area contributed by atoms with Gasteiger partial charge in [0.15, 0.2) is 0 Å². The predicted octanol–water partition coefficient (Wildman–Crippen LogP) is 3.50. The number of hydrogen-bond acceptors (Lipinski definition) is 3. The molecule has 1 aromatic rings. The van der Waals surface area contributed by atoms with Crippen LogP contribution in [-0.2, 0) is 0 Å². The van der Waals surface area contributed by atoms with Gasteiger partial charge in [0.05, 0.1) is 6.04 Å². The van der Waals surface area contributed by atoms with Crippen LogP contribution < -0.4 is 5.73 Å². The maximum Gasteiger partial charge on any atom is 0.0590 e. The van der Waals surface area contributed by atoms with E-state index in [1.165, 1.54) is 11.3 Å². The first kappa shape index (κ1) is 14.7. The van der Waals surface area contributed by atoms with E-state index in [1.54, 1.807) is 0 Å². The van der Waals surface area contributed by atoms with Crippen LogP contribution in [0.5, 0.6) is 0 Å². The number of thiophene rings is 1. The van der Waals surface area contributed by atoms with Gasteiger partial charge in [0, 0.05) is 10.9 Å². The highest BCUT2D eigenvalue weighted by Gasteiger charge is 2.23. The van der Waals surface area contributed by atoms with Crippen molar-refractivity contribution >= 4 is 11.3 Å². The summed E-state index contributed by atoms with van der Waals surface area (Å²) >= 11 is 1.82. The lowest BCUT2D eigenvalue weighted by molar-refractivity contribution is 0.202. The van der Waals surface area contributed by atoms with Crippen molar-refractivity contribution < 1.29 is 0 Å². The van der Waals surface area contributed by atoms with Crippen LogP contribution in [0.15, 0.2) is 17.5 Å². The van der Waals surface area contributed by atoms with Gasteiger partial charge in [-0.15, -0.1) is 11.3 Å². The van der Waals surface area contributed by atoms with Crippen molar-refractivity contribution in [3.8, 4) is 0 Å². The molecule has 0 amide bonds. The molecule has 0 aliphatic rings. The molecule has 0 aromatic carbocycles. The molecule has 1 heterocycles. The monoisotopic (exact) mass is 254 g/mol. The van der Waals surface area contributed by atoms with E-state index >= 15 is 0 Å². The molecular formula is C14H26N2S. The van der Waals surface area contributed by atoms with Crippen LogP contribution in [0, 0.1) is 5.92 Å². The molecule has 0 saturated carbocycles. The van der Waals surface area contributed by atoms with E-state index in [0.29, 0.717) is 6.04 Å². The topological polar surface area (TPSA) is 29.3 Å². The lowest BCUT2D eigenvalue weighted by atomic mass is 10.0. The van der Waals surface area contributed by atoms with Crippen LogP contribution in [-0.4, -0.2) is 24.5 Å². The van der Waals surface area contributed by atoms with Crippen molar-refractivity contribution in [2.45, 2.75) is 45.7 Å². The Hall–Kier alpha value is -0.380. The summed E-state index contributed by atoms with van der Waals surface area (Å²) in [6.07, 6.45) is 2.25. The molecule has 2 nitrogen and oxygen atoms in total. The molecule has 2 unspecified atom stereocenters. The number of likely N-dealkylation sites (N-methyl/N-ethyl adjacent to an activating group) is 1. The van der Waals surface area contributed by atoms with Crippen molar-refractivity contribution in [3.63, 3.8) is 0 Å². The van der Waals surface area contributed by atoms with E-state index < -0.39 is 0 Å². The lowest BCUT2D eigenvalue weighted by Gasteiger charge is -2.32. The minimum atomic E-state index is 0.228. The smallest absolute Gasteiger partial charge is 0.0590 e. The average molecular weight is 254 g/mol. The van der Waals surface area contributed by atoms with Crippen LogP contribution in [0.1, 0.15) is 44.5 Å². The molecule has 0 saturated heterocycles. The van der Waals surface area contributed by atoms with Crippen molar-refractivity contribution in [3.05, 3.63) is 22.4 Å². The molecule has 0 fully saturated rings. The van der Waals surface area contributed by atoms with Gasteiger partial charge in [-0.05, 0) is 43.8 Å². The second-order valence-corrected chi connectivity index (χ2v) is 6.17. The first-order valence-electron chi connectivity index (χ1n) is 6.55. The quantitative estimate of drug-likeness (QED) is 0.807. The van der Waals surface area contributed by atoms with Crippen molar-refractivity contribution in [1.29, 1.82) is 0 Å². The van der Waals surface area contributed by atoms with Crippen LogP contribution in [0.3, 0.4) is 0 Å². The van der Waals surface area contributed by atoms with E-state index in [9.17, 15) is 0 Å². The Morgan fingerprint density at radius 3 is 2.59 bits per heavy atom. The normalized spacial score (nSPS) is 15.5. The van der Waals surface area contributed by atoms with Crippen molar-refractivity contribution in [2.24, 2.45) is 11.7 Å². The Kier molecular flexibility index (Phi) is 6.17. The van der Waals surface area contributed by atoms with Gasteiger partial charge in [0.2, 0.25) is 0 Å². The van der Waals surface area contributed by atoms with Crippen molar-refractivity contribution in [1.82, 2.24) is 4.90 Å². The summed E-state index contributed by atoms with van der Waals surface area (Å²) in [4.78, 5) is 3.81. The van der Waals surface area contributed by atoms with Crippen LogP contribution in [0.2, 0.25) is 0 Å². The molecule has 2 atom stereocenters. The van der Waals surface area contributed by atoms with Gasteiger partial charge >= 0.3 is 0 Å². The summed E-state index contributed by atoms with van der Waals surface area (Å²) in [7, 11) is 2.20. The van der Waals surface area contributed by atoms with E-state index in [-0.39, 0.29) is 6.04 Å². The molecule has 17 heavy (non-hydrogen) atoms. The molecule has 0 bridgehead atoms. The largest absolute Gasteiger partial charge is 0.326 e. The van der Waals surface area contributed by atoms with E-state index in [1.807, 2.05) is 11.3 Å². The van der Waals surface area contributed by atoms with Gasteiger partial charge in [-0.3, -0.25) is 4.90 Å². The van der Waals surface area contributed by atoms with Crippen LogP contribution >= 0.6 is 11.3 Å². The van der Waals surface area contributed by atoms with Gasteiger partial charge < -0.3 is 5.73 Å². The fourth-order valence-electron chi connectivity index (χ4n) is 2.04. The Morgan fingerprint density at radius 2 is 2.12 bits per heavy atom. The highest BCUT2D eigenvalue weighted by atomic mass is 32.1. The second-order valence-electron chi connectivity index (χ2n) is 5.20. The Morgan fingerprint density at radius 1 is 1.41 bits per heavy atom. The molecule has 0 radical (unpaired) electrons. The molecule has 0 aliphatic heterocycles. The minimum absolute atomic E-state index is 0.228. The molecule has 1 rings (SSSR count). The third kappa shape index (κ3) is 4.41. The molecule has 0 spiro atoms. The van der Waals surface area contributed by atoms with Gasteiger partial charge in [0.1, 0.15) is 0 Å². The standard InChI is InChI=1S/C14H26N2S/c1-5-12(15)14(13-7-6-10-17-13)16(4)9-8-11(2)3/h6-7,10-12,14H,5,8-9,15H2,1-4H3. The van der Waals surface area contributed by atoms with Crippen molar-refractivity contribution in [2.75, 3.05) is 13.6 Å². The van der Waals surface area contributed by atoms with E-state index in [4.69, 9.17) is 5.73 Å². The summed E-state index contributed by atoms with van der Waals surface area (Å²) in [6.45, 7) is 7.83. The number of hydrogen-bond donors (Lipinski definition) is 1. The molecule has 3 heteroatoms. The average Bonchev–Trinajstić information content (AvgIpc) is 2.79. The van der Waals surface area contributed by atoms with E-state index in [2.05, 4.69) is 50.2 Å². The van der Waals surface area contributed by atoms with Gasteiger partial charge in [-0.1, -0.05) is 26.8 Å². The minimum Gasteiger partial charge on any atom is -0.326 e. The number of nitrogens with two attached hydrogens (primary N) is 1. The SMILES string of the molecule is CCC(N)C(c1cccs1)N(C)CCC(C)C. The van der Waals surface area contributed by atoms with Crippen LogP contribution in [0.25, 0.3) is 0 Å². The highest BCUT2D eigenvalue weighted by Crippen LogP contribution is 2.28. The van der Waals surface area contributed by atoms with Gasteiger partial charge in [-0.25, -0.2) is 0 Å². The first-order valence-corrected chi connectivity index (χ1v) is 7.43. The second kappa shape index (κ2) is 7.14. The third-order valence-corrected chi connectivity index (χ3v) is 4.19. The molecule has 0 aliphatic carbocycles. The maximum atomic E-state index is 6.28. The summed E-state index contributed by atoms with van der Waals surface area (Å²) in [5, 5.41) is 2.14. The van der Waals surface area contributed by atoms with Gasteiger partial charge in [-0.2, -0.15) is 0 Å². The molecule has 1 aromatic heterocycles.